The van der Waals surface area contributed by atoms with E-state index in [9.17, 15) is 18.0 Å². The first-order valence-electron chi connectivity index (χ1n) is 7.53. The summed E-state index contributed by atoms with van der Waals surface area (Å²) in [6.45, 7) is 0. The molecule has 0 saturated carbocycles. The summed E-state index contributed by atoms with van der Waals surface area (Å²) in [4.78, 5) is 12.4. The number of hydrogen-bond acceptors (Lipinski definition) is 7. The predicted molar refractivity (Wildman–Crippen MR) is 101 cm³/mol. The minimum Gasteiger partial charge on any atom is -0.481 e. The summed E-state index contributed by atoms with van der Waals surface area (Å²) in [7, 11) is 0. The van der Waals surface area contributed by atoms with Gasteiger partial charge in [0.05, 0.1) is 16.9 Å². The van der Waals surface area contributed by atoms with Crippen LogP contribution in [0.1, 0.15) is 12.0 Å². The molecule has 0 aliphatic heterocycles. The van der Waals surface area contributed by atoms with Crippen molar-refractivity contribution in [3.8, 4) is 9.88 Å². The van der Waals surface area contributed by atoms with Gasteiger partial charge in [-0.2, -0.15) is 13.2 Å². The largest absolute Gasteiger partial charge is 0.481 e. The molecule has 0 aliphatic carbocycles. The molecule has 0 atom stereocenters. The zero-order valence-corrected chi connectivity index (χ0v) is 15.9. The van der Waals surface area contributed by atoms with Gasteiger partial charge in [0.15, 0.2) is 5.01 Å². The van der Waals surface area contributed by atoms with Crippen molar-refractivity contribution in [1.29, 1.82) is 0 Å². The standard InChI is InChI=1S/C16H12F3N3O2S3/c17-16(18,19)9-2-1-3-10(8-9)20-15-22-21-14(27-15)13-11(4-6-26-13)25-7-5-12(23)24/h1-4,6,8H,5,7H2,(H,20,22)(H,23,24). The monoisotopic (exact) mass is 431 g/mol. The zero-order valence-electron chi connectivity index (χ0n) is 13.5. The van der Waals surface area contributed by atoms with Crippen LogP contribution in [0.2, 0.25) is 0 Å². The predicted octanol–water partition coefficient (Wildman–Crippen LogP) is 5.60. The highest BCUT2D eigenvalue weighted by atomic mass is 32.2. The lowest BCUT2D eigenvalue weighted by atomic mass is 10.2. The Morgan fingerprint density at radius 1 is 1.26 bits per heavy atom. The molecule has 2 heterocycles. The van der Waals surface area contributed by atoms with Crippen LogP contribution in [0.25, 0.3) is 9.88 Å². The van der Waals surface area contributed by atoms with Crippen molar-refractivity contribution in [1.82, 2.24) is 10.2 Å². The lowest BCUT2D eigenvalue weighted by molar-refractivity contribution is -0.138. The van der Waals surface area contributed by atoms with Crippen molar-refractivity contribution in [3.05, 3.63) is 41.3 Å². The molecule has 0 aliphatic rings. The summed E-state index contributed by atoms with van der Waals surface area (Å²) in [5.74, 6) is -0.421. The van der Waals surface area contributed by atoms with E-state index in [1.54, 1.807) is 0 Å². The molecule has 0 saturated heterocycles. The van der Waals surface area contributed by atoms with Gasteiger partial charge >= 0.3 is 12.1 Å². The number of rotatable bonds is 7. The highest BCUT2D eigenvalue weighted by Crippen LogP contribution is 2.39. The van der Waals surface area contributed by atoms with E-state index < -0.39 is 17.7 Å². The third-order valence-corrected chi connectivity index (χ3v) is 6.36. The first kappa shape index (κ1) is 19.6. The van der Waals surface area contributed by atoms with E-state index in [0.29, 0.717) is 15.9 Å². The molecule has 0 fully saturated rings. The molecule has 0 amide bonds. The zero-order chi connectivity index (χ0) is 19.4. The van der Waals surface area contributed by atoms with Crippen LogP contribution in [0.3, 0.4) is 0 Å². The number of thiophene rings is 1. The summed E-state index contributed by atoms with van der Waals surface area (Å²) in [5, 5.41) is 22.5. The van der Waals surface area contributed by atoms with Gasteiger partial charge in [0.1, 0.15) is 0 Å². The SMILES string of the molecule is O=C(O)CCSc1ccsc1-c1nnc(Nc2cccc(C(F)(F)F)c2)s1. The smallest absolute Gasteiger partial charge is 0.416 e. The van der Waals surface area contributed by atoms with Crippen LogP contribution in [0.4, 0.5) is 24.0 Å². The average Bonchev–Trinajstić information content (AvgIpc) is 3.23. The molecule has 1 aromatic carbocycles. The fraction of sp³-hybridized carbons (Fsp3) is 0.188. The molecule has 0 spiro atoms. The Hall–Kier alpha value is -2.11. The summed E-state index contributed by atoms with van der Waals surface area (Å²) < 4.78 is 38.4. The highest BCUT2D eigenvalue weighted by molar-refractivity contribution is 7.99. The van der Waals surface area contributed by atoms with E-state index >= 15 is 0 Å². The summed E-state index contributed by atoms with van der Waals surface area (Å²) >= 11 is 4.09. The fourth-order valence-electron chi connectivity index (χ4n) is 2.08. The van der Waals surface area contributed by atoms with Crippen LogP contribution in [-0.4, -0.2) is 27.0 Å². The Kier molecular flexibility index (Phi) is 6.02. The second-order valence-electron chi connectivity index (χ2n) is 5.22. The number of benzene rings is 1. The van der Waals surface area contributed by atoms with Gasteiger partial charge in [-0.25, -0.2) is 0 Å². The first-order valence-corrected chi connectivity index (χ1v) is 10.2. The van der Waals surface area contributed by atoms with E-state index in [1.165, 1.54) is 46.6 Å². The third-order valence-electron chi connectivity index (χ3n) is 3.26. The minimum absolute atomic E-state index is 0.0540. The second kappa shape index (κ2) is 8.28. The van der Waals surface area contributed by atoms with Gasteiger partial charge in [-0.1, -0.05) is 17.4 Å². The van der Waals surface area contributed by atoms with Crippen LogP contribution in [-0.2, 0) is 11.0 Å². The lowest BCUT2D eigenvalue weighted by Gasteiger charge is -2.08. The lowest BCUT2D eigenvalue weighted by Crippen LogP contribution is -2.05. The average molecular weight is 431 g/mol. The van der Waals surface area contributed by atoms with Gasteiger partial charge in [-0.05, 0) is 29.6 Å². The van der Waals surface area contributed by atoms with Crippen molar-refractivity contribution in [2.24, 2.45) is 0 Å². The van der Waals surface area contributed by atoms with E-state index in [2.05, 4.69) is 15.5 Å². The maximum absolute atomic E-state index is 12.8. The molecule has 11 heteroatoms. The number of carbonyl (C=O) groups is 1. The molecule has 0 unspecified atom stereocenters. The molecule has 2 N–H and O–H groups in total. The number of hydrogen-bond donors (Lipinski definition) is 2. The number of carboxylic acids is 1. The molecular formula is C16H12F3N3O2S3. The number of aromatic nitrogens is 2. The number of nitrogens with zero attached hydrogens (tertiary/aromatic N) is 2. The molecule has 2 aromatic heterocycles. The van der Waals surface area contributed by atoms with Crippen molar-refractivity contribution in [2.45, 2.75) is 17.5 Å². The number of nitrogens with one attached hydrogen (secondary N) is 1. The van der Waals surface area contributed by atoms with Gasteiger partial charge in [0, 0.05) is 16.3 Å². The van der Waals surface area contributed by atoms with E-state index in [0.717, 1.165) is 21.9 Å². The Bertz CT molecular complexity index is 940. The maximum Gasteiger partial charge on any atom is 0.416 e. The topological polar surface area (TPSA) is 75.1 Å². The summed E-state index contributed by atoms with van der Waals surface area (Å²) in [6.07, 6.45) is -4.36. The van der Waals surface area contributed by atoms with E-state index in [4.69, 9.17) is 5.11 Å². The van der Waals surface area contributed by atoms with Gasteiger partial charge in [0.2, 0.25) is 5.13 Å². The molecule has 27 heavy (non-hydrogen) atoms. The Labute approximate surface area is 164 Å². The fourth-order valence-corrected chi connectivity index (χ4v) is 5.09. The molecule has 3 rings (SSSR count). The Morgan fingerprint density at radius 3 is 2.81 bits per heavy atom. The second-order valence-corrected chi connectivity index (χ2v) is 8.25. The molecule has 0 radical (unpaired) electrons. The number of aliphatic carboxylic acids is 1. The molecule has 142 valence electrons. The quantitative estimate of drug-likeness (QED) is 0.475. The molecule has 0 bridgehead atoms. The Morgan fingerprint density at radius 2 is 2.07 bits per heavy atom. The maximum atomic E-state index is 12.8. The van der Waals surface area contributed by atoms with Crippen molar-refractivity contribution < 1.29 is 23.1 Å². The highest BCUT2D eigenvalue weighted by Gasteiger charge is 2.30. The van der Waals surface area contributed by atoms with Crippen LogP contribution >= 0.6 is 34.4 Å². The van der Waals surface area contributed by atoms with Crippen LogP contribution in [0, 0.1) is 0 Å². The minimum atomic E-state index is -4.41. The van der Waals surface area contributed by atoms with Crippen LogP contribution < -0.4 is 5.32 Å². The van der Waals surface area contributed by atoms with E-state index in [1.807, 2.05) is 11.4 Å². The van der Waals surface area contributed by atoms with Gasteiger partial charge in [0.25, 0.3) is 0 Å². The van der Waals surface area contributed by atoms with Gasteiger partial charge in [-0.3, -0.25) is 4.79 Å². The van der Waals surface area contributed by atoms with Gasteiger partial charge in [-0.15, -0.1) is 33.3 Å². The van der Waals surface area contributed by atoms with Crippen LogP contribution in [0.15, 0.2) is 40.6 Å². The normalized spacial score (nSPS) is 11.5. The molecular weight excluding hydrogens is 419 g/mol. The van der Waals surface area contributed by atoms with E-state index in [-0.39, 0.29) is 12.1 Å². The van der Waals surface area contributed by atoms with Crippen molar-refractivity contribution >= 4 is 51.2 Å². The number of alkyl halides is 3. The third kappa shape index (κ3) is 5.21. The summed E-state index contributed by atoms with van der Waals surface area (Å²) in [5.41, 5.74) is -0.470. The van der Waals surface area contributed by atoms with Crippen molar-refractivity contribution in [3.63, 3.8) is 0 Å². The first-order chi connectivity index (χ1) is 12.8. The van der Waals surface area contributed by atoms with Crippen LogP contribution in [0.5, 0.6) is 0 Å². The number of thioether (sulfide) groups is 1. The summed E-state index contributed by atoms with van der Waals surface area (Å²) in [6, 6.07) is 6.74. The number of anilines is 2. The Balaban J connectivity index is 1.73. The number of halogens is 3. The van der Waals surface area contributed by atoms with Gasteiger partial charge < -0.3 is 10.4 Å². The number of carboxylic acid groups (broad SMARTS) is 1. The molecule has 5 nitrogen and oxygen atoms in total. The molecule has 3 aromatic rings. The van der Waals surface area contributed by atoms with Crippen molar-refractivity contribution in [2.75, 3.05) is 11.1 Å².